The fourth-order valence-corrected chi connectivity index (χ4v) is 2.28. The molecular formula is C11H10ClNOS. The van der Waals surface area contributed by atoms with Crippen LogP contribution >= 0.6 is 23.4 Å². The molecule has 1 heterocycles. The van der Waals surface area contributed by atoms with Crippen LogP contribution in [0.3, 0.4) is 0 Å². The maximum Gasteiger partial charge on any atom is 0.120 e. The van der Waals surface area contributed by atoms with Gasteiger partial charge in [-0.2, -0.15) is 0 Å². The van der Waals surface area contributed by atoms with Gasteiger partial charge in [0.05, 0.1) is 12.1 Å². The molecule has 0 unspecified atom stereocenters. The van der Waals surface area contributed by atoms with Gasteiger partial charge in [-0.3, -0.25) is 0 Å². The lowest BCUT2D eigenvalue weighted by atomic mass is 10.3. The standard InChI is InChI=1S/C11H10ClNOS/c1-14-8-2-3-10(12)11(6-8)15-9-4-5-13-7-9/h2-7,13H,1H3. The number of benzene rings is 1. The molecular weight excluding hydrogens is 230 g/mol. The van der Waals surface area contributed by atoms with Gasteiger partial charge in [0.2, 0.25) is 0 Å². The predicted molar refractivity (Wildman–Crippen MR) is 62.9 cm³/mol. The summed E-state index contributed by atoms with van der Waals surface area (Å²) in [7, 11) is 1.65. The molecule has 0 fully saturated rings. The van der Waals surface area contributed by atoms with Crippen LogP contribution in [0, 0.1) is 0 Å². The number of methoxy groups -OCH3 is 1. The quantitative estimate of drug-likeness (QED) is 0.881. The maximum atomic E-state index is 6.08. The van der Waals surface area contributed by atoms with Crippen molar-refractivity contribution < 1.29 is 4.74 Å². The van der Waals surface area contributed by atoms with E-state index in [1.165, 1.54) is 0 Å². The minimum absolute atomic E-state index is 0.738. The van der Waals surface area contributed by atoms with Gasteiger partial charge in [0.25, 0.3) is 0 Å². The van der Waals surface area contributed by atoms with E-state index in [0.29, 0.717) is 0 Å². The number of hydrogen-bond donors (Lipinski definition) is 1. The Labute approximate surface area is 97.6 Å². The summed E-state index contributed by atoms with van der Waals surface area (Å²) in [6.45, 7) is 0. The molecule has 1 aromatic carbocycles. The van der Waals surface area contributed by atoms with Gasteiger partial charge in [0.1, 0.15) is 5.75 Å². The second-order valence-corrected chi connectivity index (χ2v) is 4.47. The van der Waals surface area contributed by atoms with Crippen LogP contribution in [0.1, 0.15) is 0 Å². The molecule has 0 atom stereocenters. The van der Waals surface area contributed by atoms with Crippen molar-refractivity contribution in [2.24, 2.45) is 0 Å². The van der Waals surface area contributed by atoms with Crippen LogP contribution in [0.25, 0.3) is 0 Å². The summed E-state index contributed by atoms with van der Waals surface area (Å²) >= 11 is 7.69. The van der Waals surface area contributed by atoms with Gasteiger partial charge in [-0.1, -0.05) is 23.4 Å². The highest BCUT2D eigenvalue weighted by molar-refractivity contribution is 7.99. The molecule has 0 spiro atoms. The average Bonchev–Trinajstić information content (AvgIpc) is 2.74. The van der Waals surface area contributed by atoms with Crippen LogP contribution in [0.5, 0.6) is 5.75 Å². The van der Waals surface area contributed by atoms with Crippen LogP contribution in [-0.4, -0.2) is 12.1 Å². The van der Waals surface area contributed by atoms with E-state index >= 15 is 0 Å². The number of rotatable bonds is 3. The number of ether oxygens (including phenoxy) is 1. The van der Waals surface area contributed by atoms with Gasteiger partial charge in [0.15, 0.2) is 0 Å². The number of aromatic amines is 1. The van der Waals surface area contributed by atoms with Crippen molar-refractivity contribution in [3.8, 4) is 5.75 Å². The van der Waals surface area contributed by atoms with Gasteiger partial charge in [-0.25, -0.2) is 0 Å². The summed E-state index contributed by atoms with van der Waals surface area (Å²) in [6, 6.07) is 7.62. The largest absolute Gasteiger partial charge is 0.497 e. The van der Waals surface area contributed by atoms with Crippen molar-refractivity contribution >= 4 is 23.4 Å². The summed E-state index contributed by atoms with van der Waals surface area (Å²) in [4.78, 5) is 5.13. The molecule has 0 aliphatic heterocycles. The zero-order valence-electron chi connectivity index (χ0n) is 8.16. The molecule has 0 bridgehead atoms. The lowest BCUT2D eigenvalue weighted by Crippen LogP contribution is -1.83. The zero-order valence-corrected chi connectivity index (χ0v) is 9.73. The van der Waals surface area contributed by atoms with Crippen LogP contribution in [-0.2, 0) is 0 Å². The number of nitrogens with one attached hydrogen (secondary N) is 1. The van der Waals surface area contributed by atoms with Gasteiger partial charge in [-0.05, 0) is 24.3 Å². The van der Waals surface area contributed by atoms with E-state index in [4.69, 9.17) is 16.3 Å². The molecule has 15 heavy (non-hydrogen) atoms. The minimum atomic E-state index is 0.738. The third-order valence-electron chi connectivity index (χ3n) is 1.94. The molecule has 0 saturated heterocycles. The van der Waals surface area contributed by atoms with Crippen molar-refractivity contribution in [1.29, 1.82) is 0 Å². The van der Waals surface area contributed by atoms with Crippen LogP contribution < -0.4 is 4.74 Å². The summed E-state index contributed by atoms with van der Waals surface area (Å²) in [5.74, 6) is 0.817. The Morgan fingerprint density at radius 3 is 2.87 bits per heavy atom. The van der Waals surface area contributed by atoms with Gasteiger partial charge >= 0.3 is 0 Å². The highest BCUT2D eigenvalue weighted by atomic mass is 35.5. The average molecular weight is 240 g/mol. The first kappa shape index (κ1) is 10.5. The smallest absolute Gasteiger partial charge is 0.120 e. The van der Waals surface area contributed by atoms with E-state index in [2.05, 4.69) is 4.98 Å². The summed E-state index contributed by atoms with van der Waals surface area (Å²) in [6.07, 6.45) is 3.82. The Balaban J connectivity index is 2.27. The van der Waals surface area contributed by atoms with Crippen molar-refractivity contribution in [1.82, 2.24) is 4.98 Å². The van der Waals surface area contributed by atoms with Gasteiger partial charge in [-0.15, -0.1) is 0 Å². The van der Waals surface area contributed by atoms with Crippen molar-refractivity contribution in [2.45, 2.75) is 9.79 Å². The van der Waals surface area contributed by atoms with Crippen molar-refractivity contribution in [2.75, 3.05) is 7.11 Å². The zero-order chi connectivity index (χ0) is 10.7. The SMILES string of the molecule is COc1ccc(Cl)c(Sc2cc[nH]c2)c1. The van der Waals surface area contributed by atoms with Gasteiger partial charge < -0.3 is 9.72 Å². The molecule has 78 valence electrons. The van der Waals surface area contributed by atoms with Crippen LogP contribution in [0.2, 0.25) is 5.02 Å². The Morgan fingerprint density at radius 1 is 1.33 bits per heavy atom. The van der Waals surface area contributed by atoms with E-state index in [9.17, 15) is 0 Å². The van der Waals surface area contributed by atoms with Crippen LogP contribution in [0.15, 0.2) is 46.5 Å². The molecule has 0 aliphatic carbocycles. The first-order valence-electron chi connectivity index (χ1n) is 4.44. The lowest BCUT2D eigenvalue weighted by Gasteiger charge is -2.05. The Bertz CT molecular complexity index is 442. The third kappa shape index (κ3) is 2.49. The number of aromatic nitrogens is 1. The third-order valence-corrected chi connectivity index (χ3v) is 3.42. The minimum Gasteiger partial charge on any atom is -0.497 e. The highest BCUT2D eigenvalue weighted by Gasteiger charge is 2.04. The predicted octanol–water partition coefficient (Wildman–Crippen LogP) is 3.83. The fourth-order valence-electron chi connectivity index (χ4n) is 1.19. The molecule has 4 heteroatoms. The second-order valence-electron chi connectivity index (χ2n) is 2.95. The molecule has 0 amide bonds. The Kier molecular flexibility index (Phi) is 3.23. The Morgan fingerprint density at radius 2 is 2.20 bits per heavy atom. The molecule has 2 nitrogen and oxygen atoms in total. The van der Waals surface area contributed by atoms with Crippen LogP contribution in [0.4, 0.5) is 0 Å². The summed E-state index contributed by atoms with van der Waals surface area (Å²) in [5, 5.41) is 0.738. The Hall–Kier alpha value is -1.06. The lowest BCUT2D eigenvalue weighted by molar-refractivity contribution is 0.413. The molecule has 2 rings (SSSR count). The molecule has 0 saturated carbocycles. The molecule has 0 aliphatic rings. The summed E-state index contributed by atoms with van der Waals surface area (Å²) in [5.41, 5.74) is 0. The van der Waals surface area contributed by atoms with Crippen molar-refractivity contribution in [3.05, 3.63) is 41.7 Å². The molecule has 0 radical (unpaired) electrons. The molecule has 1 aromatic heterocycles. The number of H-pyrrole nitrogens is 1. The fraction of sp³-hybridized carbons (Fsp3) is 0.0909. The van der Waals surface area contributed by atoms with E-state index < -0.39 is 0 Å². The van der Waals surface area contributed by atoms with E-state index in [-0.39, 0.29) is 0 Å². The first-order chi connectivity index (χ1) is 7.29. The van der Waals surface area contributed by atoms with Crippen molar-refractivity contribution in [3.63, 3.8) is 0 Å². The summed E-state index contributed by atoms with van der Waals surface area (Å²) < 4.78 is 5.15. The number of halogens is 1. The van der Waals surface area contributed by atoms with Gasteiger partial charge in [0, 0.05) is 22.2 Å². The second kappa shape index (κ2) is 4.64. The van der Waals surface area contributed by atoms with E-state index in [1.807, 2.05) is 36.7 Å². The normalized spacial score (nSPS) is 10.3. The monoisotopic (exact) mass is 239 g/mol. The highest BCUT2D eigenvalue weighted by Crippen LogP contribution is 2.35. The topological polar surface area (TPSA) is 25.0 Å². The molecule has 1 N–H and O–H groups in total. The molecule has 2 aromatic rings. The number of hydrogen-bond acceptors (Lipinski definition) is 2. The first-order valence-corrected chi connectivity index (χ1v) is 5.63. The van der Waals surface area contributed by atoms with E-state index in [1.54, 1.807) is 18.9 Å². The van der Waals surface area contributed by atoms with E-state index in [0.717, 1.165) is 20.6 Å². The maximum absolute atomic E-state index is 6.08.